The topological polar surface area (TPSA) is 49.8 Å². The fraction of sp³-hybridized carbons (Fsp3) is 0.750. The second-order valence-electron chi connectivity index (χ2n) is 1.55. The van der Waals surface area contributed by atoms with Crippen molar-refractivity contribution in [2.45, 2.75) is 12.5 Å². The predicted molar refractivity (Wildman–Crippen MR) is 30.0 cm³/mol. The summed E-state index contributed by atoms with van der Waals surface area (Å²) in [7, 11) is 0. The van der Waals surface area contributed by atoms with Crippen LogP contribution in [0.4, 0.5) is 0 Å². The van der Waals surface area contributed by atoms with Gasteiger partial charge in [-0.25, -0.2) is 0 Å². The molecule has 1 rings (SSSR count). The van der Waals surface area contributed by atoms with Crippen molar-refractivity contribution in [3.63, 3.8) is 0 Å². The van der Waals surface area contributed by atoms with E-state index in [0.717, 1.165) is 0 Å². The van der Waals surface area contributed by atoms with Gasteiger partial charge in [0, 0.05) is 0 Å². The smallest absolute Gasteiger partial charge is 1.00 e. The minimum Gasteiger partial charge on any atom is -1.00 e. The van der Waals surface area contributed by atoms with Crippen LogP contribution in [-0.2, 0) is 9.53 Å². The standard InChI is InChI=1S/C4H6O3.Ca.2H/c5-4(6)1-3-2-7-3;;;/h3H,1-2H2,(H,5,6);;;/q;+2;2*-1. The zero-order chi connectivity index (χ0) is 5.28. The van der Waals surface area contributed by atoms with Crippen LogP contribution in [0.3, 0.4) is 0 Å². The number of epoxide rings is 1. The van der Waals surface area contributed by atoms with Gasteiger partial charge in [-0.05, 0) is 0 Å². The van der Waals surface area contributed by atoms with Gasteiger partial charge in [-0.15, -0.1) is 0 Å². The molecule has 0 radical (unpaired) electrons. The molecule has 1 aliphatic rings. The molecule has 0 aromatic rings. The van der Waals surface area contributed by atoms with Crippen LogP contribution in [0.5, 0.6) is 0 Å². The molecular formula is C4H8CaO3. The van der Waals surface area contributed by atoms with E-state index in [9.17, 15) is 4.79 Å². The van der Waals surface area contributed by atoms with Crippen molar-refractivity contribution in [2.75, 3.05) is 6.61 Å². The second-order valence-corrected chi connectivity index (χ2v) is 1.55. The Morgan fingerprint density at radius 1 is 2.00 bits per heavy atom. The molecule has 0 aromatic heterocycles. The molecule has 0 bridgehead atoms. The van der Waals surface area contributed by atoms with Crippen molar-refractivity contribution in [1.82, 2.24) is 0 Å². The average Bonchev–Trinajstić information content (AvgIpc) is 2.17. The van der Waals surface area contributed by atoms with Crippen molar-refractivity contribution in [3.8, 4) is 0 Å². The number of rotatable bonds is 2. The Morgan fingerprint density at radius 3 is 2.62 bits per heavy atom. The minimum absolute atomic E-state index is 0. The van der Waals surface area contributed by atoms with Crippen molar-refractivity contribution in [3.05, 3.63) is 0 Å². The van der Waals surface area contributed by atoms with Gasteiger partial charge >= 0.3 is 43.7 Å². The van der Waals surface area contributed by atoms with E-state index in [2.05, 4.69) is 4.74 Å². The van der Waals surface area contributed by atoms with Gasteiger partial charge < -0.3 is 12.7 Å². The molecular weight excluding hydrogens is 136 g/mol. The van der Waals surface area contributed by atoms with Crippen molar-refractivity contribution < 1.29 is 17.5 Å². The number of aliphatic carboxylic acids is 1. The number of carbonyl (C=O) groups is 1. The molecule has 1 aliphatic heterocycles. The van der Waals surface area contributed by atoms with E-state index in [4.69, 9.17) is 5.11 Å². The quantitative estimate of drug-likeness (QED) is 0.428. The van der Waals surface area contributed by atoms with E-state index < -0.39 is 5.97 Å². The van der Waals surface area contributed by atoms with Crippen molar-refractivity contribution in [2.24, 2.45) is 0 Å². The van der Waals surface area contributed by atoms with Crippen molar-refractivity contribution in [1.29, 1.82) is 0 Å². The monoisotopic (exact) mass is 144 g/mol. The Kier molecular flexibility index (Phi) is 3.98. The summed E-state index contributed by atoms with van der Waals surface area (Å²) >= 11 is 0. The second kappa shape index (κ2) is 3.67. The Labute approximate surface area is 80.0 Å². The first-order valence-electron chi connectivity index (χ1n) is 2.12. The van der Waals surface area contributed by atoms with Gasteiger partial charge in [0.2, 0.25) is 0 Å². The molecule has 0 aromatic carbocycles. The molecule has 44 valence electrons. The maximum absolute atomic E-state index is 9.77. The molecule has 1 heterocycles. The number of ether oxygens (including phenoxy) is 1. The summed E-state index contributed by atoms with van der Waals surface area (Å²) < 4.78 is 4.64. The van der Waals surface area contributed by atoms with Gasteiger partial charge in [-0.3, -0.25) is 4.79 Å². The van der Waals surface area contributed by atoms with E-state index in [1.54, 1.807) is 0 Å². The molecule has 3 nitrogen and oxygen atoms in total. The zero-order valence-electron chi connectivity index (χ0n) is 6.46. The number of hydrogen-bond acceptors (Lipinski definition) is 2. The molecule has 1 fully saturated rings. The van der Waals surface area contributed by atoms with E-state index in [1.165, 1.54) is 0 Å². The van der Waals surface area contributed by atoms with Crippen LogP contribution in [0.2, 0.25) is 0 Å². The number of hydrogen-bond donors (Lipinski definition) is 1. The van der Waals surface area contributed by atoms with Crippen LogP contribution >= 0.6 is 0 Å². The van der Waals surface area contributed by atoms with Crippen LogP contribution < -0.4 is 0 Å². The predicted octanol–water partition coefficient (Wildman–Crippen LogP) is -0.296. The Balaban J connectivity index is -0.000000163. The zero-order valence-corrected chi connectivity index (χ0v) is 6.67. The molecule has 1 saturated heterocycles. The Bertz CT molecular complexity index is 96.5. The Hall–Kier alpha value is 0.690. The first-order chi connectivity index (χ1) is 3.29. The van der Waals surface area contributed by atoms with Crippen LogP contribution in [-0.4, -0.2) is 61.5 Å². The first kappa shape index (κ1) is 8.69. The van der Waals surface area contributed by atoms with Gasteiger partial charge in [0.1, 0.15) is 0 Å². The summed E-state index contributed by atoms with van der Waals surface area (Å²) in [6, 6.07) is 0. The third-order valence-corrected chi connectivity index (χ3v) is 0.805. The number of carboxylic acids is 1. The van der Waals surface area contributed by atoms with Gasteiger partial charge in [0.05, 0.1) is 19.1 Å². The summed E-state index contributed by atoms with van der Waals surface area (Å²) in [5.74, 6) is -0.775. The molecule has 0 aliphatic carbocycles. The van der Waals surface area contributed by atoms with Crippen molar-refractivity contribution >= 4 is 43.7 Å². The molecule has 0 spiro atoms. The molecule has 0 saturated carbocycles. The van der Waals surface area contributed by atoms with Gasteiger partial charge in [0.25, 0.3) is 0 Å². The molecule has 1 atom stereocenters. The van der Waals surface area contributed by atoms with Crippen LogP contribution in [0.1, 0.15) is 9.27 Å². The maximum Gasteiger partial charge on any atom is 2.00 e. The van der Waals surface area contributed by atoms with Gasteiger partial charge in [0.15, 0.2) is 0 Å². The summed E-state index contributed by atoms with van der Waals surface area (Å²) in [5.41, 5.74) is 0. The fourth-order valence-electron chi connectivity index (χ4n) is 0.381. The third-order valence-electron chi connectivity index (χ3n) is 0.805. The largest absolute Gasteiger partial charge is 2.00 e. The van der Waals surface area contributed by atoms with E-state index in [0.29, 0.717) is 6.61 Å². The van der Waals surface area contributed by atoms with Crippen LogP contribution in [0.25, 0.3) is 0 Å². The molecule has 8 heavy (non-hydrogen) atoms. The molecule has 0 amide bonds. The summed E-state index contributed by atoms with van der Waals surface area (Å²) in [6.45, 7) is 0.631. The van der Waals surface area contributed by atoms with E-state index in [1.807, 2.05) is 0 Å². The summed E-state index contributed by atoms with van der Waals surface area (Å²) in [4.78, 5) is 9.77. The third kappa shape index (κ3) is 3.66. The number of carboxylic acid groups (broad SMARTS) is 1. The molecule has 1 unspecified atom stereocenters. The fourth-order valence-corrected chi connectivity index (χ4v) is 0.381. The molecule has 4 heteroatoms. The van der Waals surface area contributed by atoms with E-state index in [-0.39, 0.29) is 53.1 Å². The first-order valence-corrected chi connectivity index (χ1v) is 2.12. The van der Waals surface area contributed by atoms with Gasteiger partial charge in [-0.1, -0.05) is 0 Å². The Morgan fingerprint density at radius 2 is 2.50 bits per heavy atom. The van der Waals surface area contributed by atoms with Gasteiger partial charge in [-0.2, -0.15) is 0 Å². The summed E-state index contributed by atoms with van der Waals surface area (Å²) in [6.07, 6.45) is 0.192. The van der Waals surface area contributed by atoms with Crippen LogP contribution in [0.15, 0.2) is 0 Å². The SMILES string of the molecule is O=C(O)CC1CO1.[Ca+2].[H-].[H-]. The normalized spacial score (nSPS) is 23.8. The average molecular weight is 144 g/mol. The summed E-state index contributed by atoms with van der Waals surface area (Å²) in [5, 5.41) is 8.04. The minimum atomic E-state index is -0.775. The van der Waals surface area contributed by atoms with Crippen LogP contribution in [0, 0.1) is 0 Å². The maximum atomic E-state index is 9.77. The molecule has 1 N–H and O–H groups in total. The van der Waals surface area contributed by atoms with E-state index >= 15 is 0 Å².